The normalized spacial score (nSPS) is 35.1. The van der Waals surface area contributed by atoms with Gasteiger partial charge in [0.05, 0.1) is 99.2 Å². The number of aliphatic hydroxyl groups is 2. The topological polar surface area (TPSA) is 248 Å². The number of esters is 6. The summed E-state index contributed by atoms with van der Waals surface area (Å²) in [7, 11) is 0. The molecular weight excluding hydrogens is 808 g/mol. The van der Waals surface area contributed by atoms with E-state index in [1.165, 1.54) is 6.92 Å². The second kappa shape index (κ2) is 23.6. The second-order valence-corrected chi connectivity index (χ2v) is 16.2. The fraction of sp³-hybridized carbons (Fsp3) is 0.810. The third-order valence-electron chi connectivity index (χ3n) is 11.1. The smallest absolute Gasteiger partial charge is 0.309 e. The molecule has 16 atom stereocenters. The van der Waals surface area contributed by atoms with Crippen molar-refractivity contribution in [1.29, 1.82) is 0 Å². The highest BCUT2D eigenvalue weighted by atomic mass is 16.6. The number of hydrogen-bond acceptors (Lipinski definition) is 19. The molecule has 0 aliphatic carbocycles. The molecule has 0 aromatic carbocycles. The SMILES string of the molecule is CC=CC(C)C(O)C1OC(C)C(O)CC(=O)OCC2COC(=O)CC(C(C)OC(C)C3CC(=O)OCC(COC(=O)CC)OC(=O)CC(C(C)C4OC4C)O3)OC1CC(=O)O2. The first-order valence-corrected chi connectivity index (χ1v) is 21.2. The lowest BCUT2D eigenvalue weighted by Crippen LogP contribution is -2.51. The summed E-state index contributed by atoms with van der Waals surface area (Å²) in [5, 5.41) is 22.6. The molecule has 2 bridgehead atoms. The molecular formula is C42H64O19. The third kappa shape index (κ3) is 15.5. The Labute approximate surface area is 356 Å². The van der Waals surface area contributed by atoms with E-state index < -0.39 is 147 Å². The summed E-state index contributed by atoms with van der Waals surface area (Å²) >= 11 is 0. The standard InChI is InChI=1S/C42H64O19/c1-9-11-21(3)40(50)42-33-16-39(49)59-28(18-52-35(45)12-29(43)23(5)56-42)20-54-37(47)15-32(61-33)25(7)55-24(6)31-14-36(46)53-19-27(17-51-34(44)10-2)58-38(48)13-30(60-31)22(4)41-26(8)57-41/h9,11,21-33,40-43,50H,10,12-20H2,1-8H3. The van der Waals surface area contributed by atoms with Crippen LogP contribution in [0.15, 0.2) is 12.2 Å². The number of epoxide rings is 1. The molecule has 19 heteroatoms. The highest BCUT2D eigenvalue weighted by molar-refractivity contribution is 5.73. The van der Waals surface area contributed by atoms with Crippen molar-refractivity contribution in [3.8, 4) is 0 Å². The van der Waals surface area contributed by atoms with Gasteiger partial charge in [-0.05, 0) is 34.6 Å². The van der Waals surface area contributed by atoms with Gasteiger partial charge < -0.3 is 62.3 Å². The molecule has 0 aromatic rings. The first kappa shape index (κ1) is 49.9. The molecule has 0 amide bonds. The van der Waals surface area contributed by atoms with Gasteiger partial charge in [-0.25, -0.2) is 0 Å². The molecule has 19 nitrogen and oxygen atoms in total. The van der Waals surface area contributed by atoms with Crippen molar-refractivity contribution in [2.75, 3.05) is 26.4 Å². The van der Waals surface area contributed by atoms with Crippen LogP contribution < -0.4 is 0 Å². The monoisotopic (exact) mass is 872 g/mol. The van der Waals surface area contributed by atoms with Crippen LogP contribution in [0.1, 0.15) is 93.9 Å². The molecule has 0 saturated carbocycles. The number of fused-ring (bicyclic) bond motifs is 4. The van der Waals surface area contributed by atoms with Crippen LogP contribution in [0.25, 0.3) is 0 Å². The lowest BCUT2D eigenvalue weighted by Gasteiger charge is -2.38. The molecule has 0 spiro atoms. The van der Waals surface area contributed by atoms with E-state index >= 15 is 0 Å². The molecule has 4 rings (SSSR count). The number of aliphatic hydroxyl groups excluding tert-OH is 2. The number of allylic oxidation sites excluding steroid dienone is 1. The Balaban J connectivity index is 1.65. The summed E-state index contributed by atoms with van der Waals surface area (Å²) < 4.78 is 64.0. The number of rotatable bonds is 12. The lowest BCUT2D eigenvalue weighted by atomic mass is 9.93. The Hall–Kier alpha value is -3.72. The first-order valence-electron chi connectivity index (χ1n) is 21.2. The molecule has 16 unspecified atom stereocenters. The number of cyclic esters (lactones) is 4. The Bertz CT molecular complexity index is 1520. The van der Waals surface area contributed by atoms with Crippen LogP contribution in [0.3, 0.4) is 0 Å². The van der Waals surface area contributed by atoms with E-state index in [4.69, 9.17) is 52.1 Å². The quantitative estimate of drug-likeness (QED) is 0.123. The number of carbonyl (C=O) groups is 6. The van der Waals surface area contributed by atoms with Gasteiger partial charge in [0.15, 0.2) is 12.2 Å². The van der Waals surface area contributed by atoms with Crippen molar-refractivity contribution in [2.24, 2.45) is 11.8 Å². The summed E-state index contributed by atoms with van der Waals surface area (Å²) in [4.78, 5) is 78.0. The largest absolute Gasteiger partial charge is 0.462 e. The highest BCUT2D eigenvalue weighted by Crippen LogP contribution is 2.35. The maximum atomic E-state index is 13.5. The number of ether oxygens (including phenoxy) is 11. The predicted molar refractivity (Wildman–Crippen MR) is 208 cm³/mol. The van der Waals surface area contributed by atoms with Crippen molar-refractivity contribution >= 4 is 35.8 Å². The molecule has 4 fully saturated rings. The molecule has 2 N–H and O–H groups in total. The van der Waals surface area contributed by atoms with Crippen molar-refractivity contribution in [3.63, 3.8) is 0 Å². The minimum atomic E-state index is -1.37. The zero-order valence-electron chi connectivity index (χ0n) is 36.3. The average molecular weight is 873 g/mol. The third-order valence-corrected chi connectivity index (χ3v) is 11.1. The van der Waals surface area contributed by atoms with Crippen molar-refractivity contribution in [1.82, 2.24) is 0 Å². The first-order chi connectivity index (χ1) is 28.9. The van der Waals surface area contributed by atoms with E-state index in [0.29, 0.717) is 0 Å². The Morgan fingerprint density at radius 1 is 0.721 bits per heavy atom. The van der Waals surface area contributed by atoms with Gasteiger partial charge in [0, 0.05) is 18.3 Å². The minimum absolute atomic E-state index is 0.0974. The maximum Gasteiger partial charge on any atom is 0.309 e. The van der Waals surface area contributed by atoms with Crippen LogP contribution in [0.5, 0.6) is 0 Å². The number of hydrogen-bond donors (Lipinski definition) is 2. The van der Waals surface area contributed by atoms with Gasteiger partial charge in [-0.1, -0.05) is 32.9 Å². The van der Waals surface area contributed by atoms with E-state index in [0.717, 1.165) is 0 Å². The second-order valence-electron chi connectivity index (χ2n) is 16.2. The van der Waals surface area contributed by atoms with E-state index in [9.17, 15) is 39.0 Å². The van der Waals surface area contributed by atoms with Crippen LogP contribution in [-0.4, -0.2) is 158 Å². The van der Waals surface area contributed by atoms with Crippen LogP contribution in [-0.2, 0) is 80.9 Å². The maximum absolute atomic E-state index is 13.5. The van der Waals surface area contributed by atoms with Crippen molar-refractivity contribution in [3.05, 3.63) is 12.2 Å². The summed E-state index contributed by atoms with van der Waals surface area (Å²) in [6.07, 6.45) is -12.5. The fourth-order valence-electron chi connectivity index (χ4n) is 7.34. The molecule has 0 aromatic heterocycles. The van der Waals surface area contributed by atoms with Gasteiger partial charge in [0.1, 0.15) is 32.5 Å². The molecule has 61 heavy (non-hydrogen) atoms. The summed E-state index contributed by atoms with van der Waals surface area (Å²) in [5.41, 5.74) is 0. The Kier molecular flexibility index (Phi) is 19.4. The van der Waals surface area contributed by atoms with Crippen LogP contribution >= 0.6 is 0 Å². The molecule has 4 saturated heterocycles. The molecule has 346 valence electrons. The zero-order valence-corrected chi connectivity index (χ0v) is 36.3. The van der Waals surface area contributed by atoms with Crippen LogP contribution in [0.4, 0.5) is 0 Å². The van der Waals surface area contributed by atoms with E-state index in [1.807, 2.05) is 13.8 Å². The Morgan fingerprint density at radius 2 is 1.26 bits per heavy atom. The van der Waals surface area contributed by atoms with Gasteiger partial charge >= 0.3 is 35.8 Å². The van der Waals surface area contributed by atoms with E-state index in [2.05, 4.69) is 0 Å². The lowest BCUT2D eigenvalue weighted by molar-refractivity contribution is -0.209. The predicted octanol–water partition coefficient (Wildman–Crippen LogP) is 1.82. The highest BCUT2D eigenvalue weighted by Gasteiger charge is 2.46. The van der Waals surface area contributed by atoms with Crippen molar-refractivity contribution in [2.45, 2.75) is 179 Å². The molecule has 0 radical (unpaired) electrons. The van der Waals surface area contributed by atoms with Gasteiger partial charge in [0.25, 0.3) is 0 Å². The molecule has 4 aliphatic rings. The van der Waals surface area contributed by atoms with E-state index in [-0.39, 0.29) is 50.6 Å². The fourth-order valence-corrected chi connectivity index (χ4v) is 7.34. The van der Waals surface area contributed by atoms with Gasteiger partial charge in [0.2, 0.25) is 0 Å². The summed E-state index contributed by atoms with van der Waals surface area (Å²) in [6.45, 7) is 11.9. The van der Waals surface area contributed by atoms with E-state index in [1.54, 1.807) is 46.8 Å². The van der Waals surface area contributed by atoms with Gasteiger partial charge in [-0.2, -0.15) is 0 Å². The van der Waals surface area contributed by atoms with Gasteiger partial charge in [-0.15, -0.1) is 0 Å². The number of carbonyl (C=O) groups excluding carboxylic acids is 6. The summed E-state index contributed by atoms with van der Waals surface area (Å²) in [6, 6.07) is 0. The van der Waals surface area contributed by atoms with Crippen molar-refractivity contribution < 1.29 is 91.1 Å². The molecule has 4 heterocycles. The average Bonchev–Trinajstić information content (AvgIpc) is 3.95. The van der Waals surface area contributed by atoms with Crippen LogP contribution in [0.2, 0.25) is 0 Å². The van der Waals surface area contributed by atoms with Crippen LogP contribution in [0, 0.1) is 11.8 Å². The Morgan fingerprint density at radius 3 is 1.85 bits per heavy atom. The minimum Gasteiger partial charge on any atom is -0.462 e. The van der Waals surface area contributed by atoms with Gasteiger partial charge in [-0.3, -0.25) is 28.8 Å². The molecule has 4 aliphatic heterocycles. The summed E-state index contributed by atoms with van der Waals surface area (Å²) in [5.74, 6) is -5.24. The zero-order chi connectivity index (χ0) is 45.0.